The number of rotatable bonds is 4. The first-order chi connectivity index (χ1) is 14.8. The molecule has 2 aliphatic heterocycles. The summed E-state index contributed by atoms with van der Waals surface area (Å²) in [5.74, 6) is 2.58. The fourth-order valence-corrected chi connectivity index (χ4v) is 6.99. The Balaban J connectivity index is 1.18. The zero-order valence-electron chi connectivity index (χ0n) is 17.6. The first-order valence-corrected chi connectivity index (χ1v) is 11.2. The van der Waals surface area contributed by atoms with Crippen molar-refractivity contribution in [3.63, 3.8) is 0 Å². The molecular weight excluding hydrogens is 398 g/mol. The van der Waals surface area contributed by atoms with Crippen molar-refractivity contribution in [3.05, 3.63) is 23.8 Å². The van der Waals surface area contributed by atoms with E-state index in [0.717, 1.165) is 24.2 Å². The second-order valence-electron chi connectivity index (χ2n) is 10.3. The molecule has 164 valence electrons. The van der Waals surface area contributed by atoms with Crippen LogP contribution in [0.1, 0.15) is 51.0 Å². The molecule has 1 aromatic rings. The summed E-state index contributed by atoms with van der Waals surface area (Å²) in [4.78, 5) is 39.9. The molecular formula is C23H27N3O5. The third-order valence-corrected chi connectivity index (χ3v) is 7.97. The van der Waals surface area contributed by atoms with E-state index < -0.39 is 17.5 Å². The van der Waals surface area contributed by atoms with Gasteiger partial charge in [-0.15, -0.1) is 0 Å². The van der Waals surface area contributed by atoms with Crippen LogP contribution in [-0.2, 0) is 15.1 Å². The number of nitrogens with zero attached hydrogens (tertiary/aromatic N) is 1. The Labute approximate surface area is 180 Å². The van der Waals surface area contributed by atoms with Gasteiger partial charge in [0.15, 0.2) is 11.5 Å². The Morgan fingerprint density at radius 3 is 2.42 bits per heavy atom. The Kier molecular flexibility index (Phi) is 3.90. The molecule has 1 aromatic carbocycles. The van der Waals surface area contributed by atoms with Crippen LogP contribution in [0.15, 0.2) is 18.2 Å². The van der Waals surface area contributed by atoms with Gasteiger partial charge in [0.05, 0.1) is 0 Å². The molecule has 7 rings (SSSR count). The van der Waals surface area contributed by atoms with Gasteiger partial charge >= 0.3 is 6.03 Å². The van der Waals surface area contributed by atoms with E-state index in [4.69, 9.17) is 9.47 Å². The van der Waals surface area contributed by atoms with Gasteiger partial charge in [0.1, 0.15) is 12.1 Å². The summed E-state index contributed by atoms with van der Waals surface area (Å²) in [7, 11) is 0. The molecule has 1 atom stereocenters. The topological polar surface area (TPSA) is 97.0 Å². The van der Waals surface area contributed by atoms with E-state index in [0.29, 0.717) is 34.8 Å². The van der Waals surface area contributed by atoms with Crippen LogP contribution in [0.2, 0.25) is 0 Å². The predicted octanol–water partition coefficient (Wildman–Crippen LogP) is 2.27. The number of carbonyl (C=O) groups excluding carboxylic acids is 3. The second kappa shape index (κ2) is 6.37. The Morgan fingerprint density at radius 2 is 1.74 bits per heavy atom. The highest BCUT2D eigenvalue weighted by Gasteiger charge is 2.53. The number of imide groups is 1. The third-order valence-electron chi connectivity index (χ3n) is 7.97. The van der Waals surface area contributed by atoms with Gasteiger partial charge in [-0.3, -0.25) is 14.5 Å². The normalized spacial score (nSPS) is 37.3. The summed E-state index contributed by atoms with van der Waals surface area (Å²) in [5.41, 5.74) is -0.802. The minimum Gasteiger partial charge on any atom is -0.454 e. The highest BCUT2D eigenvalue weighted by atomic mass is 16.7. The SMILES string of the molecule is C[C@@]1(c2ccc3c(c2)OCO3)NC(=O)N(CC(=O)NC23CC4CC(CC(C4)C2)C3)C1=O. The molecule has 1 saturated heterocycles. The van der Waals surface area contributed by atoms with Gasteiger partial charge in [-0.25, -0.2) is 4.79 Å². The highest BCUT2D eigenvalue weighted by molar-refractivity contribution is 6.09. The van der Waals surface area contributed by atoms with E-state index in [9.17, 15) is 14.4 Å². The fourth-order valence-electron chi connectivity index (χ4n) is 6.99. The summed E-state index contributed by atoms with van der Waals surface area (Å²) in [6, 6.07) is 4.63. The first kappa shape index (κ1) is 19.0. The summed E-state index contributed by atoms with van der Waals surface area (Å²) in [5, 5.41) is 6.01. The average molecular weight is 425 g/mol. The minimum atomic E-state index is -1.25. The van der Waals surface area contributed by atoms with Gasteiger partial charge in [0.2, 0.25) is 12.7 Å². The number of hydrogen-bond donors (Lipinski definition) is 2. The van der Waals surface area contributed by atoms with E-state index in [1.165, 1.54) is 19.3 Å². The number of ether oxygens (including phenoxy) is 2. The summed E-state index contributed by atoms with van der Waals surface area (Å²) in [6.07, 6.45) is 6.95. The smallest absolute Gasteiger partial charge is 0.325 e. The van der Waals surface area contributed by atoms with Crippen molar-refractivity contribution in [2.45, 2.75) is 56.5 Å². The molecule has 4 saturated carbocycles. The van der Waals surface area contributed by atoms with Crippen LogP contribution in [0.25, 0.3) is 0 Å². The number of hydrogen-bond acceptors (Lipinski definition) is 5. The van der Waals surface area contributed by atoms with Crippen molar-refractivity contribution in [2.75, 3.05) is 13.3 Å². The van der Waals surface area contributed by atoms with E-state index in [1.807, 2.05) is 0 Å². The lowest BCUT2D eigenvalue weighted by Gasteiger charge is -2.56. The lowest BCUT2D eigenvalue weighted by molar-refractivity contribution is -0.136. The maximum absolute atomic E-state index is 13.2. The van der Waals surface area contributed by atoms with Gasteiger partial charge in [-0.05, 0) is 80.9 Å². The van der Waals surface area contributed by atoms with Crippen molar-refractivity contribution in [1.82, 2.24) is 15.5 Å². The van der Waals surface area contributed by atoms with Gasteiger partial charge < -0.3 is 20.1 Å². The minimum absolute atomic E-state index is 0.131. The highest BCUT2D eigenvalue weighted by Crippen LogP contribution is 2.55. The molecule has 0 unspecified atom stereocenters. The Hall–Kier alpha value is -2.77. The van der Waals surface area contributed by atoms with Crippen LogP contribution in [-0.4, -0.2) is 41.6 Å². The van der Waals surface area contributed by atoms with Crippen molar-refractivity contribution in [2.24, 2.45) is 17.8 Å². The number of amides is 4. The number of urea groups is 1. The molecule has 0 radical (unpaired) electrons. The quantitative estimate of drug-likeness (QED) is 0.722. The van der Waals surface area contributed by atoms with Gasteiger partial charge in [-0.2, -0.15) is 0 Å². The standard InChI is InChI=1S/C23H27N3O5/c1-22(16-2-3-17-18(7-16)31-12-30-17)20(28)26(21(29)25-22)11-19(27)24-23-8-13-4-14(9-23)6-15(5-13)10-23/h2-3,7,13-15H,4-6,8-12H2,1H3,(H,24,27)(H,25,29)/t13?,14?,15?,22-,23?/m0/s1. The van der Waals surface area contributed by atoms with Crippen LogP contribution in [0.5, 0.6) is 11.5 Å². The molecule has 31 heavy (non-hydrogen) atoms. The number of fused-ring (bicyclic) bond motifs is 1. The van der Waals surface area contributed by atoms with Crippen molar-refractivity contribution >= 4 is 17.8 Å². The molecule has 2 heterocycles. The van der Waals surface area contributed by atoms with Crippen molar-refractivity contribution in [3.8, 4) is 11.5 Å². The maximum Gasteiger partial charge on any atom is 0.325 e. The zero-order valence-corrected chi connectivity index (χ0v) is 17.6. The third kappa shape index (κ3) is 2.91. The summed E-state index contributed by atoms with van der Waals surface area (Å²) in [6.45, 7) is 1.53. The largest absolute Gasteiger partial charge is 0.454 e. The molecule has 0 aromatic heterocycles. The van der Waals surface area contributed by atoms with E-state index >= 15 is 0 Å². The molecule has 6 aliphatic rings. The molecule has 8 heteroatoms. The molecule has 8 nitrogen and oxygen atoms in total. The molecule has 2 N–H and O–H groups in total. The monoisotopic (exact) mass is 425 g/mol. The maximum atomic E-state index is 13.2. The first-order valence-electron chi connectivity index (χ1n) is 11.2. The lowest BCUT2D eigenvalue weighted by Crippen LogP contribution is -2.61. The molecule has 4 bridgehead atoms. The van der Waals surface area contributed by atoms with Crippen molar-refractivity contribution in [1.29, 1.82) is 0 Å². The van der Waals surface area contributed by atoms with E-state index in [2.05, 4.69) is 10.6 Å². The van der Waals surface area contributed by atoms with Gasteiger partial charge in [0.25, 0.3) is 5.91 Å². The van der Waals surface area contributed by atoms with Gasteiger partial charge in [0, 0.05) is 5.54 Å². The molecule has 4 aliphatic carbocycles. The number of benzene rings is 1. The fraction of sp³-hybridized carbons (Fsp3) is 0.609. The summed E-state index contributed by atoms with van der Waals surface area (Å²) >= 11 is 0. The van der Waals surface area contributed by atoms with Crippen LogP contribution in [0, 0.1) is 17.8 Å². The Bertz CT molecular complexity index is 956. The lowest BCUT2D eigenvalue weighted by atomic mass is 9.53. The number of nitrogens with one attached hydrogen (secondary N) is 2. The predicted molar refractivity (Wildman–Crippen MR) is 109 cm³/mol. The van der Waals surface area contributed by atoms with Gasteiger partial charge in [-0.1, -0.05) is 6.07 Å². The Morgan fingerprint density at radius 1 is 1.10 bits per heavy atom. The second-order valence-corrected chi connectivity index (χ2v) is 10.3. The van der Waals surface area contributed by atoms with Crippen LogP contribution in [0.3, 0.4) is 0 Å². The molecule has 0 spiro atoms. The van der Waals surface area contributed by atoms with Crippen LogP contribution >= 0.6 is 0 Å². The average Bonchev–Trinajstić information content (AvgIpc) is 3.25. The number of carbonyl (C=O) groups is 3. The summed E-state index contributed by atoms with van der Waals surface area (Å²) < 4.78 is 10.7. The van der Waals surface area contributed by atoms with E-state index in [1.54, 1.807) is 25.1 Å². The van der Waals surface area contributed by atoms with E-state index in [-0.39, 0.29) is 24.8 Å². The molecule has 5 fully saturated rings. The molecule has 4 amide bonds. The zero-order chi connectivity index (χ0) is 21.4. The van der Waals surface area contributed by atoms with Crippen molar-refractivity contribution < 1.29 is 23.9 Å². The van der Waals surface area contributed by atoms with Crippen LogP contribution in [0.4, 0.5) is 4.79 Å². The van der Waals surface area contributed by atoms with Crippen LogP contribution < -0.4 is 20.1 Å².